The monoisotopic (exact) mass is 668 g/mol. The van der Waals surface area contributed by atoms with Crippen molar-refractivity contribution >= 4 is 11.9 Å². The van der Waals surface area contributed by atoms with Crippen LogP contribution in [0, 0.1) is 0 Å². The Kier molecular flexibility index (Phi) is 19.6. The molecule has 2 fully saturated rings. The van der Waals surface area contributed by atoms with Gasteiger partial charge in [0.1, 0.15) is 55.4 Å². The van der Waals surface area contributed by atoms with Gasteiger partial charge in [0.25, 0.3) is 0 Å². The number of unbranched alkanes of at least 4 members (excludes halogenated alkanes) is 9. The highest BCUT2D eigenvalue weighted by Gasteiger charge is 2.47. The number of carbonyl (C=O) groups is 2. The fraction of sp³-hybridized carbons (Fsp3) is 0.935. The van der Waals surface area contributed by atoms with Gasteiger partial charge in [0, 0.05) is 12.8 Å². The summed E-state index contributed by atoms with van der Waals surface area (Å²) in [5, 5.41) is 70.8. The molecule has 15 nitrogen and oxygen atoms in total. The van der Waals surface area contributed by atoms with E-state index in [4.69, 9.17) is 28.4 Å². The summed E-state index contributed by atoms with van der Waals surface area (Å²) in [5.41, 5.74) is 0. The highest BCUT2D eigenvalue weighted by molar-refractivity contribution is 5.70. The van der Waals surface area contributed by atoms with Gasteiger partial charge in [-0.05, 0) is 6.42 Å². The van der Waals surface area contributed by atoms with Crippen LogP contribution in [0.25, 0.3) is 0 Å². The van der Waals surface area contributed by atoms with Crippen molar-refractivity contribution in [3.63, 3.8) is 0 Å². The zero-order chi connectivity index (χ0) is 34.1. The number of hydrogen-bond donors (Lipinski definition) is 7. The molecular formula is C31H56O15. The van der Waals surface area contributed by atoms with E-state index in [-0.39, 0.29) is 26.1 Å². The van der Waals surface area contributed by atoms with Crippen molar-refractivity contribution in [3.05, 3.63) is 0 Å². The van der Waals surface area contributed by atoms with E-state index in [2.05, 4.69) is 6.92 Å². The number of aliphatic hydroxyl groups excluding tert-OH is 7. The van der Waals surface area contributed by atoms with Crippen molar-refractivity contribution in [1.29, 1.82) is 0 Å². The molecule has 0 bridgehead atoms. The van der Waals surface area contributed by atoms with Crippen LogP contribution in [0.1, 0.15) is 90.9 Å². The normalized spacial score (nSPS) is 32.2. The molecule has 11 unspecified atom stereocenters. The maximum Gasteiger partial charge on any atom is 0.306 e. The molecule has 0 spiro atoms. The molecular weight excluding hydrogens is 612 g/mol. The van der Waals surface area contributed by atoms with Crippen LogP contribution in [0.4, 0.5) is 0 Å². The fourth-order valence-corrected chi connectivity index (χ4v) is 5.19. The van der Waals surface area contributed by atoms with Gasteiger partial charge in [0.05, 0.1) is 19.8 Å². The molecule has 0 saturated carbocycles. The molecule has 0 amide bonds. The minimum absolute atomic E-state index is 0.102. The molecule has 2 aliphatic rings. The number of carbonyl (C=O) groups excluding carboxylic acids is 2. The molecule has 0 aliphatic carbocycles. The highest BCUT2D eigenvalue weighted by atomic mass is 16.7. The lowest BCUT2D eigenvalue weighted by Crippen LogP contribution is -2.61. The summed E-state index contributed by atoms with van der Waals surface area (Å²) in [5.74, 6) is -1.03. The Morgan fingerprint density at radius 2 is 1.15 bits per heavy atom. The summed E-state index contributed by atoms with van der Waals surface area (Å²) in [6.07, 6.45) is -5.45. The van der Waals surface area contributed by atoms with Crippen molar-refractivity contribution in [2.24, 2.45) is 0 Å². The van der Waals surface area contributed by atoms with Crippen molar-refractivity contribution in [2.45, 2.75) is 158 Å². The number of ether oxygens (including phenoxy) is 6. The van der Waals surface area contributed by atoms with Gasteiger partial charge in [-0.2, -0.15) is 0 Å². The third kappa shape index (κ3) is 13.5. The van der Waals surface area contributed by atoms with Crippen LogP contribution >= 0.6 is 0 Å². The van der Waals surface area contributed by atoms with Crippen LogP contribution < -0.4 is 0 Å². The van der Waals surface area contributed by atoms with Gasteiger partial charge in [-0.25, -0.2) is 0 Å². The second kappa shape index (κ2) is 22.2. The van der Waals surface area contributed by atoms with E-state index in [1.54, 1.807) is 6.92 Å². The molecule has 0 aromatic rings. The van der Waals surface area contributed by atoms with Crippen molar-refractivity contribution in [3.8, 4) is 0 Å². The van der Waals surface area contributed by atoms with Crippen LogP contribution in [0.3, 0.4) is 0 Å². The van der Waals surface area contributed by atoms with Gasteiger partial charge >= 0.3 is 11.9 Å². The van der Waals surface area contributed by atoms with Crippen LogP contribution in [0.5, 0.6) is 0 Å². The quantitative estimate of drug-likeness (QED) is 0.0585. The predicted molar refractivity (Wildman–Crippen MR) is 160 cm³/mol. The first kappa shape index (κ1) is 40.7. The summed E-state index contributed by atoms with van der Waals surface area (Å²) in [7, 11) is 0. The van der Waals surface area contributed by atoms with Gasteiger partial charge in [-0.3, -0.25) is 9.59 Å². The largest absolute Gasteiger partial charge is 0.462 e. The Bertz CT molecular complexity index is 845. The van der Waals surface area contributed by atoms with E-state index in [0.717, 1.165) is 19.3 Å². The first-order chi connectivity index (χ1) is 22.0. The van der Waals surface area contributed by atoms with E-state index in [9.17, 15) is 45.3 Å². The Balaban J connectivity index is 1.86. The third-order valence-electron chi connectivity index (χ3n) is 8.14. The zero-order valence-corrected chi connectivity index (χ0v) is 27.1. The highest BCUT2D eigenvalue weighted by Crippen LogP contribution is 2.26. The second-order valence-corrected chi connectivity index (χ2v) is 12.0. The van der Waals surface area contributed by atoms with E-state index in [1.165, 1.54) is 38.5 Å². The van der Waals surface area contributed by atoms with Gasteiger partial charge in [-0.1, -0.05) is 71.6 Å². The number of hydrogen-bond acceptors (Lipinski definition) is 15. The zero-order valence-electron chi connectivity index (χ0n) is 27.1. The Hall–Kier alpha value is -1.50. The first-order valence-corrected chi connectivity index (χ1v) is 16.6. The lowest BCUT2D eigenvalue weighted by atomic mass is 9.98. The van der Waals surface area contributed by atoms with E-state index in [0.29, 0.717) is 6.42 Å². The molecule has 46 heavy (non-hydrogen) atoms. The minimum Gasteiger partial charge on any atom is -0.462 e. The molecule has 15 heteroatoms. The topological polar surface area (TPSA) is 231 Å². The SMILES string of the molecule is CCCCCCCCCCCCC(=O)OC(COC(=O)CC)COC1OC(COC2OC(CO)C(O)C(O)C2O)C(O)C(O)C1O. The smallest absolute Gasteiger partial charge is 0.306 e. The van der Waals surface area contributed by atoms with E-state index >= 15 is 0 Å². The fourth-order valence-electron chi connectivity index (χ4n) is 5.19. The Morgan fingerprint density at radius 1 is 0.630 bits per heavy atom. The summed E-state index contributed by atoms with van der Waals surface area (Å²) in [6, 6.07) is 0. The maximum atomic E-state index is 12.5. The average molecular weight is 669 g/mol. The molecule has 0 aromatic carbocycles. The van der Waals surface area contributed by atoms with Gasteiger partial charge in [-0.15, -0.1) is 0 Å². The Labute approximate surface area is 270 Å². The van der Waals surface area contributed by atoms with Crippen LogP contribution in [-0.2, 0) is 38.0 Å². The summed E-state index contributed by atoms with van der Waals surface area (Å²) < 4.78 is 32.5. The molecule has 2 aliphatic heterocycles. The molecule has 7 N–H and O–H groups in total. The number of rotatable bonds is 22. The Morgan fingerprint density at radius 3 is 1.72 bits per heavy atom. The van der Waals surface area contributed by atoms with Gasteiger partial charge < -0.3 is 64.2 Å². The summed E-state index contributed by atoms with van der Waals surface area (Å²) >= 11 is 0. The number of esters is 2. The molecule has 2 heterocycles. The van der Waals surface area contributed by atoms with Crippen LogP contribution in [0.2, 0.25) is 0 Å². The van der Waals surface area contributed by atoms with Crippen LogP contribution in [-0.4, -0.2) is 142 Å². The van der Waals surface area contributed by atoms with E-state index < -0.39 is 92.7 Å². The third-order valence-corrected chi connectivity index (χ3v) is 8.14. The van der Waals surface area contributed by atoms with Crippen molar-refractivity contribution in [2.75, 3.05) is 26.4 Å². The average Bonchev–Trinajstić information content (AvgIpc) is 3.05. The molecule has 2 saturated heterocycles. The first-order valence-electron chi connectivity index (χ1n) is 16.6. The summed E-state index contributed by atoms with van der Waals surface area (Å²) in [6.45, 7) is 1.90. The predicted octanol–water partition coefficient (Wildman–Crippen LogP) is -0.197. The summed E-state index contributed by atoms with van der Waals surface area (Å²) in [4.78, 5) is 24.3. The molecule has 2 rings (SSSR count). The minimum atomic E-state index is -1.75. The number of aliphatic hydroxyl groups is 7. The van der Waals surface area contributed by atoms with E-state index in [1.807, 2.05) is 0 Å². The van der Waals surface area contributed by atoms with Gasteiger partial charge in [0.2, 0.25) is 0 Å². The van der Waals surface area contributed by atoms with Crippen LogP contribution in [0.15, 0.2) is 0 Å². The standard InChI is InChI=1S/C31H56O15/c1-3-5-6-7-8-9-10-11-12-13-14-23(34)44-19(16-41-22(33)4-2)17-42-30-29(40)27(38)25(36)21(46-30)18-43-31-28(39)26(37)24(35)20(15-32)45-31/h19-21,24-32,35-40H,3-18H2,1-2H3. The van der Waals surface area contributed by atoms with Crippen molar-refractivity contribution < 1.29 is 73.8 Å². The lowest BCUT2D eigenvalue weighted by Gasteiger charge is -2.42. The molecule has 11 atom stereocenters. The van der Waals surface area contributed by atoms with Gasteiger partial charge in [0.15, 0.2) is 18.7 Å². The second-order valence-electron chi connectivity index (χ2n) is 12.0. The molecule has 0 aromatic heterocycles. The maximum absolute atomic E-state index is 12.5. The molecule has 270 valence electrons. The molecule has 0 radical (unpaired) electrons. The lowest BCUT2D eigenvalue weighted by molar-refractivity contribution is -0.332. The van der Waals surface area contributed by atoms with Crippen molar-refractivity contribution in [1.82, 2.24) is 0 Å².